The van der Waals surface area contributed by atoms with E-state index >= 15 is 0 Å². The second-order valence-electron chi connectivity index (χ2n) is 6.61. The number of nitrogens with zero attached hydrogens (tertiary/aromatic N) is 1. The van der Waals surface area contributed by atoms with Gasteiger partial charge in [-0.15, -0.1) is 0 Å². The van der Waals surface area contributed by atoms with Crippen LogP contribution >= 0.6 is 0 Å². The molecule has 0 N–H and O–H groups in total. The van der Waals surface area contributed by atoms with Crippen LogP contribution in [0.4, 0.5) is 0 Å². The highest BCUT2D eigenvalue weighted by Gasteiger charge is 2.33. The van der Waals surface area contributed by atoms with Crippen LogP contribution < -0.4 is 0 Å². The molecule has 18 heavy (non-hydrogen) atoms. The fourth-order valence-corrected chi connectivity index (χ4v) is 2.61. The molecule has 4 heteroatoms. The van der Waals surface area contributed by atoms with E-state index in [-0.39, 0.29) is 0 Å². The van der Waals surface area contributed by atoms with Gasteiger partial charge in [-0.3, -0.25) is 4.84 Å². The Morgan fingerprint density at radius 2 is 1.94 bits per heavy atom. The second-order valence-corrected chi connectivity index (χ2v) is 6.61. The van der Waals surface area contributed by atoms with Crippen LogP contribution in [-0.4, -0.2) is 45.2 Å². The van der Waals surface area contributed by atoms with Gasteiger partial charge in [0.15, 0.2) is 0 Å². The molecule has 0 bridgehead atoms. The molecule has 1 aliphatic rings. The van der Waals surface area contributed by atoms with Gasteiger partial charge in [0.05, 0.1) is 12.7 Å². The molecule has 0 aliphatic carbocycles. The van der Waals surface area contributed by atoms with Crippen LogP contribution in [0.15, 0.2) is 0 Å². The fourth-order valence-electron chi connectivity index (χ4n) is 2.61. The van der Waals surface area contributed by atoms with E-state index in [4.69, 9.17) is 9.57 Å². The third-order valence-corrected chi connectivity index (χ3v) is 3.39. The summed E-state index contributed by atoms with van der Waals surface area (Å²) in [6.07, 6.45) is 2.73. The average molecular weight is 255 g/mol. The zero-order valence-corrected chi connectivity index (χ0v) is 13.0. The minimum Gasteiger partial charge on any atom is -0.384 e. The third kappa shape index (κ3) is 5.72. The maximum atomic E-state index is 6.03. The lowest BCUT2D eigenvalue weighted by Crippen LogP contribution is -2.32. The molecule has 0 radical (unpaired) electrons. The topological polar surface area (TPSA) is 21.7 Å². The number of ether oxygens (including phenoxy) is 1. The van der Waals surface area contributed by atoms with E-state index in [0.29, 0.717) is 29.9 Å². The van der Waals surface area contributed by atoms with Crippen LogP contribution in [0.1, 0.15) is 40.5 Å². The summed E-state index contributed by atoms with van der Waals surface area (Å²) >= 11 is 0. The van der Waals surface area contributed by atoms with E-state index in [1.165, 1.54) is 0 Å². The number of hydroxylamine groups is 2. The minimum absolute atomic E-state index is 0.400. The van der Waals surface area contributed by atoms with Crippen LogP contribution in [-0.2, 0) is 9.57 Å². The number of hydrogen-bond acceptors (Lipinski definition) is 3. The van der Waals surface area contributed by atoms with Crippen molar-refractivity contribution in [3.8, 4) is 0 Å². The molecule has 1 unspecified atom stereocenters. The normalized spacial score (nSPS) is 28.8. The largest absolute Gasteiger partial charge is 0.384 e. The van der Waals surface area contributed by atoms with Crippen molar-refractivity contribution >= 4 is 7.85 Å². The number of rotatable bonds is 7. The number of hydrogen-bond donors (Lipinski definition) is 0. The van der Waals surface area contributed by atoms with Gasteiger partial charge in [-0.05, 0) is 24.7 Å². The Labute approximate surface area is 114 Å². The van der Waals surface area contributed by atoms with Crippen molar-refractivity contribution < 1.29 is 9.57 Å². The van der Waals surface area contributed by atoms with Crippen molar-refractivity contribution in [1.29, 1.82) is 0 Å². The zero-order chi connectivity index (χ0) is 13.7. The Morgan fingerprint density at radius 1 is 1.28 bits per heavy atom. The zero-order valence-electron chi connectivity index (χ0n) is 13.0. The summed E-state index contributed by atoms with van der Waals surface area (Å²) in [6, 6.07) is 0.400. The third-order valence-electron chi connectivity index (χ3n) is 3.39. The highest BCUT2D eigenvalue weighted by Crippen LogP contribution is 2.30. The van der Waals surface area contributed by atoms with Crippen molar-refractivity contribution in [3.63, 3.8) is 0 Å². The first-order chi connectivity index (χ1) is 8.38. The predicted molar refractivity (Wildman–Crippen MR) is 78.2 cm³/mol. The van der Waals surface area contributed by atoms with E-state index in [1.807, 2.05) is 12.1 Å². The molecule has 0 aromatic rings. The molecule has 1 rings (SSSR count). The molecule has 1 aliphatic heterocycles. The summed E-state index contributed by atoms with van der Waals surface area (Å²) in [7, 11) is 4.22. The molecule has 1 saturated heterocycles. The van der Waals surface area contributed by atoms with Gasteiger partial charge in [-0.2, -0.15) is 5.06 Å². The molecule has 1 fully saturated rings. The van der Waals surface area contributed by atoms with E-state index in [9.17, 15) is 0 Å². The highest BCUT2D eigenvalue weighted by molar-refractivity contribution is 6.11. The molecule has 0 spiro atoms. The Hall–Kier alpha value is -0.0551. The summed E-state index contributed by atoms with van der Waals surface area (Å²) in [5.74, 6) is 1.89. The molecule has 3 nitrogen and oxygen atoms in total. The minimum atomic E-state index is 0.400. The van der Waals surface area contributed by atoms with Gasteiger partial charge in [0.1, 0.15) is 7.85 Å². The van der Waals surface area contributed by atoms with Crippen molar-refractivity contribution in [1.82, 2.24) is 5.06 Å². The van der Waals surface area contributed by atoms with E-state index < -0.39 is 0 Å². The lowest BCUT2D eigenvalue weighted by atomic mass is 9.88. The van der Waals surface area contributed by atoms with Gasteiger partial charge in [0.2, 0.25) is 0 Å². The molecule has 0 aromatic heterocycles. The summed E-state index contributed by atoms with van der Waals surface area (Å²) in [6.45, 7) is 10.7. The quantitative estimate of drug-likeness (QED) is 0.512. The van der Waals surface area contributed by atoms with E-state index in [2.05, 4.69) is 35.5 Å². The van der Waals surface area contributed by atoms with Crippen LogP contribution in [0.25, 0.3) is 0 Å². The van der Waals surface area contributed by atoms with Gasteiger partial charge in [0, 0.05) is 25.5 Å². The van der Waals surface area contributed by atoms with Crippen LogP contribution in [0.2, 0.25) is 0 Å². The lowest BCUT2D eigenvalue weighted by molar-refractivity contribution is -0.158. The molecule has 1 heterocycles. The SMILES string of the molecule is B[C@H]1CC(CN(C)OCC(C)C)[C@@H](CC(C)C)O1. The van der Waals surface area contributed by atoms with Crippen molar-refractivity contribution in [3.05, 3.63) is 0 Å². The first kappa shape index (κ1) is 16.0. The van der Waals surface area contributed by atoms with Crippen molar-refractivity contribution in [2.24, 2.45) is 17.8 Å². The van der Waals surface area contributed by atoms with Gasteiger partial charge < -0.3 is 4.74 Å². The summed E-state index contributed by atoms with van der Waals surface area (Å²) in [4.78, 5) is 5.73. The molecular formula is C14H30BNO2. The van der Waals surface area contributed by atoms with Crippen LogP contribution in [0.3, 0.4) is 0 Å². The van der Waals surface area contributed by atoms with Gasteiger partial charge in [0.25, 0.3) is 0 Å². The lowest BCUT2D eigenvalue weighted by Gasteiger charge is -2.25. The molecule has 0 aromatic carbocycles. The monoisotopic (exact) mass is 255 g/mol. The first-order valence-electron chi connectivity index (χ1n) is 7.38. The maximum Gasteiger partial charge on any atom is 0.139 e. The van der Waals surface area contributed by atoms with Gasteiger partial charge >= 0.3 is 0 Å². The van der Waals surface area contributed by atoms with Crippen molar-refractivity contribution in [2.45, 2.75) is 52.6 Å². The second kappa shape index (κ2) is 7.51. The van der Waals surface area contributed by atoms with E-state index in [0.717, 1.165) is 26.0 Å². The van der Waals surface area contributed by atoms with Crippen molar-refractivity contribution in [2.75, 3.05) is 20.2 Å². The maximum absolute atomic E-state index is 6.03. The molecule has 3 atom stereocenters. The summed E-state index contributed by atoms with van der Waals surface area (Å²) in [5, 5.41) is 2.00. The standard InChI is InChI=1S/C14H30BNO2/c1-10(2)6-13-12(7-14(15)18-13)8-16(5)17-9-11(3)4/h10-14H,6-9,15H2,1-5H3/t12?,13-,14-/m1/s1. The average Bonchev–Trinajstić information content (AvgIpc) is 2.55. The van der Waals surface area contributed by atoms with Crippen LogP contribution in [0.5, 0.6) is 0 Å². The van der Waals surface area contributed by atoms with E-state index in [1.54, 1.807) is 0 Å². The first-order valence-corrected chi connectivity index (χ1v) is 7.38. The highest BCUT2D eigenvalue weighted by atomic mass is 16.7. The molecule has 106 valence electrons. The summed E-state index contributed by atoms with van der Waals surface area (Å²) in [5.41, 5.74) is 0. The molecule has 0 amide bonds. The summed E-state index contributed by atoms with van der Waals surface area (Å²) < 4.78 is 6.03. The smallest absolute Gasteiger partial charge is 0.139 e. The Balaban J connectivity index is 2.38. The molecular weight excluding hydrogens is 225 g/mol. The predicted octanol–water partition coefficient (Wildman–Crippen LogP) is 1.92. The van der Waals surface area contributed by atoms with Crippen LogP contribution in [0, 0.1) is 17.8 Å². The van der Waals surface area contributed by atoms with Gasteiger partial charge in [-0.25, -0.2) is 0 Å². The Kier molecular flexibility index (Phi) is 6.68. The molecule has 0 saturated carbocycles. The fraction of sp³-hybridized carbons (Fsp3) is 1.00. The Bertz CT molecular complexity index is 236. The Morgan fingerprint density at radius 3 is 2.50 bits per heavy atom. The van der Waals surface area contributed by atoms with Gasteiger partial charge in [-0.1, -0.05) is 27.7 Å².